The maximum Gasteiger partial charge on any atom is 0.324 e. The lowest BCUT2D eigenvalue weighted by atomic mass is 10.6. The van der Waals surface area contributed by atoms with Crippen LogP contribution in [0, 0.1) is 0 Å². The predicted molar refractivity (Wildman–Crippen MR) is 55.4 cm³/mol. The summed E-state index contributed by atoms with van der Waals surface area (Å²) in [6.07, 6.45) is 0. The number of rotatable bonds is 0. The molecule has 1 fully saturated rings. The number of imide groups is 1. The predicted octanol–water partition coefficient (Wildman–Crippen LogP) is -2.06. The summed E-state index contributed by atoms with van der Waals surface area (Å²) in [5.74, 6) is -0.0718. The average molecular weight is 227 g/mol. The number of guanidine groups is 1. The van der Waals surface area contributed by atoms with Crippen molar-refractivity contribution in [3.63, 3.8) is 0 Å². The normalized spacial score (nSPS) is 19.4. The SMILES string of the molecule is CN1CC(=O)N=C1N.CN1CC(=O)NC1=O. The van der Waals surface area contributed by atoms with Crippen molar-refractivity contribution < 1.29 is 14.4 Å². The van der Waals surface area contributed by atoms with Gasteiger partial charge in [-0.05, 0) is 0 Å². The number of nitrogens with two attached hydrogens (primary N) is 1. The van der Waals surface area contributed by atoms with E-state index in [9.17, 15) is 14.4 Å². The van der Waals surface area contributed by atoms with Crippen LogP contribution in [0.15, 0.2) is 4.99 Å². The molecule has 3 N–H and O–H groups in total. The van der Waals surface area contributed by atoms with Crippen LogP contribution in [0.25, 0.3) is 0 Å². The van der Waals surface area contributed by atoms with Crippen molar-refractivity contribution in [2.45, 2.75) is 0 Å². The van der Waals surface area contributed by atoms with E-state index in [2.05, 4.69) is 10.3 Å². The summed E-state index contributed by atoms with van der Waals surface area (Å²) in [7, 11) is 3.30. The Kier molecular flexibility index (Phi) is 3.44. The number of likely N-dealkylation sites (N-methyl/N-ethyl adjacent to an activating group) is 2. The van der Waals surface area contributed by atoms with Gasteiger partial charge in [-0.1, -0.05) is 0 Å². The molecule has 4 amide bonds. The molecular weight excluding hydrogens is 214 g/mol. The summed E-state index contributed by atoms with van der Waals surface area (Å²) >= 11 is 0. The summed E-state index contributed by atoms with van der Waals surface area (Å²) in [6, 6.07) is -0.310. The van der Waals surface area contributed by atoms with Crippen LogP contribution < -0.4 is 11.1 Å². The molecule has 0 spiro atoms. The minimum absolute atomic E-state index is 0.162. The van der Waals surface area contributed by atoms with E-state index in [4.69, 9.17) is 5.73 Å². The first-order valence-electron chi connectivity index (χ1n) is 4.53. The Hall–Kier alpha value is -2.12. The summed E-state index contributed by atoms with van der Waals surface area (Å²) < 4.78 is 0. The highest BCUT2D eigenvalue weighted by atomic mass is 16.2. The maximum absolute atomic E-state index is 10.4. The van der Waals surface area contributed by atoms with Gasteiger partial charge < -0.3 is 15.5 Å². The highest BCUT2D eigenvalue weighted by Crippen LogP contribution is 1.93. The molecule has 2 heterocycles. The third-order valence-electron chi connectivity index (χ3n) is 1.98. The molecule has 88 valence electrons. The molecule has 1 saturated heterocycles. The lowest BCUT2D eigenvalue weighted by Gasteiger charge is -2.05. The zero-order chi connectivity index (χ0) is 12.3. The number of amides is 4. The van der Waals surface area contributed by atoms with Crippen molar-refractivity contribution in [1.29, 1.82) is 0 Å². The lowest BCUT2D eigenvalue weighted by Crippen LogP contribution is -2.29. The van der Waals surface area contributed by atoms with Crippen molar-refractivity contribution in [1.82, 2.24) is 15.1 Å². The van der Waals surface area contributed by atoms with Crippen molar-refractivity contribution in [2.24, 2.45) is 10.7 Å². The Balaban J connectivity index is 0.000000160. The molecule has 0 bridgehead atoms. The fraction of sp³-hybridized carbons (Fsp3) is 0.500. The first-order valence-corrected chi connectivity index (χ1v) is 4.53. The monoisotopic (exact) mass is 227 g/mol. The van der Waals surface area contributed by atoms with Gasteiger partial charge in [-0.2, -0.15) is 4.99 Å². The molecule has 0 unspecified atom stereocenters. The molecule has 16 heavy (non-hydrogen) atoms. The fourth-order valence-corrected chi connectivity index (χ4v) is 1.07. The topological polar surface area (TPSA) is 108 Å². The number of aliphatic imine (C=N–C) groups is 1. The lowest BCUT2D eigenvalue weighted by molar-refractivity contribution is -0.118. The molecular formula is C8H13N5O3. The van der Waals surface area contributed by atoms with Crippen molar-refractivity contribution in [3.8, 4) is 0 Å². The highest BCUT2D eigenvalue weighted by molar-refractivity contribution is 6.01. The van der Waals surface area contributed by atoms with Crippen LogP contribution in [0.1, 0.15) is 0 Å². The molecule has 2 rings (SSSR count). The molecule has 8 nitrogen and oxygen atoms in total. The minimum Gasteiger partial charge on any atom is -0.369 e. The maximum atomic E-state index is 10.4. The Morgan fingerprint density at radius 3 is 1.94 bits per heavy atom. The third kappa shape index (κ3) is 2.94. The van der Waals surface area contributed by atoms with Gasteiger partial charge in [-0.3, -0.25) is 14.9 Å². The first kappa shape index (κ1) is 12.0. The first-order chi connectivity index (χ1) is 7.40. The van der Waals surface area contributed by atoms with Crippen LogP contribution in [0.4, 0.5) is 4.79 Å². The molecule has 0 saturated carbocycles. The van der Waals surface area contributed by atoms with Gasteiger partial charge in [0.15, 0.2) is 5.96 Å². The fourth-order valence-electron chi connectivity index (χ4n) is 1.07. The van der Waals surface area contributed by atoms with Gasteiger partial charge in [0.25, 0.3) is 5.91 Å². The van der Waals surface area contributed by atoms with Gasteiger partial charge in [0.1, 0.15) is 13.1 Å². The van der Waals surface area contributed by atoms with Crippen LogP contribution in [0.3, 0.4) is 0 Å². The Bertz CT molecular complexity index is 365. The molecule has 8 heteroatoms. The van der Waals surface area contributed by atoms with Crippen LogP contribution in [0.5, 0.6) is 0 Å². The molecule has 0 aromatic carbocycles. The van der Waals surface area contributed by atoms with E-state index >= 15 is 0 Å². The number of nitrogens with zero attached hydrogens (tertiary/aromatic N) is 3. The molecule has 0 aliphatic carbocycles. The Labute approximate surface area is 92.1 Å². The summed E-state index contributed by atoms with van der Waals surface area (Å²) in [6.45, 7) is 0.519. The van der Waals surface area contributed by atoms with Crippen LogP contribution in [-0.4, -0.2) is 60.8 Å². The van der Waals surface area contributed by atoms with Crippen LogP contribution in [-0.2, 0) is 9.59 Å². The van der Waals surface area contributed by atoms with Crippen LogP contribution in [0.2, 0.25) is 0 Å². The second-order valence-corrected chi connectivity index (χ2v) is 3.43. The molecule has 0 radical (unpaired) electrons. The zero-order valence-electron chi connectivity index (χ0n) is 9.06. The van der Waals surface area contributed by atoms with Gasteiger partial charge in [-0.15, -0.1) is 0 Å². The van der Waals surface area contributed by atoms with E-state index in [1.54, 1.807) is 19.0 Å². The number of hydrogen-bond acceptors (Lipinski definition) is 5. The van der Waals surface area contributed by atoms with Gasteiger partial charge in [0.2, 0.25) is 5.91 Å². The summed E-state index contributed by atoms with van der Waals surface area (Å²) in [5.41, 5.74) is 5.22. The van der Waals surface area contributed by atoms with Gasteiger partial charge in [0, 0.05) is 14.1 Å². The number of hydrogen-bond donors (Lipinski definition) is 2. The zero-order valence-corrected chi connectivity index (χ0v) is 9.06. The van der Waals surface area contributed by atoms with Crippen molar-refractivity contribution >= 4 is 23.8 Å². The van der Waals surface area contributed by atoms with Crippen molar-refractivity contribution in [2.75, 3.05) is 27.2 Å². The van der Waals surface area contributed by atoms with E-state index in [0.717, 1.165) is 0 Å². The Morgan fingerprint density at radius 1 is 1.19 bits per heavy atom. The largest absolute Gasteiger partial charge is 0.369 e. The quantitative estimate of drug-likeness (QED) is 0.463. The second kappa shape index (κ2) is 4.60. The molecule has 0 aromatic rings. The second-order valence-electron chi connectivity index (χ2n) is 3.43. The third-order valence-corrected chi connectivity index (χ3v) is 1.98. The molecule has 0 atom stereocenters. The van der Waals surface area contributed by atoms with Gasteiger partial charge in [-0.25, -0.2) is 4.79 Å². The number of urea groups is 1. The standard InChI is InChI=1S/C4H7N3O.C4H6N2O2/c1-7-2-3(8)6-4(7)5;1-6-2-3(7)5-4(6)8/h2H2,1H3,(H2,5,6,8);2H2,1H3,(H,5,7,8). The van der Waals surface area contributed by atoms with Crippen molar-refractivity contribution in [3.05, 3.63) is 0 Å². The van der Waals surface area contributed by atoms with E-state index < -0.39 is 0 Å². The molecule has 0 aromatic heterocycles. The minimum atomic E-state index is -0.310. The van der Waals surface area contributed by atoms with Gasteiger partial charge >= 0.3 is 6.03 Å². The van der Waals surface area contributed by atoms with E-state index in [0.29, 0.717) is 12.5 Å². The number of carbonyl (C=O) groups excluding carboxylic acids is 3. The van der Waals surface area contributed by atoms with E-state index in [-0.39, 0.29) is 24.4 Å². The molecule has 2 aliphatic rings. The number of carbonyl (C=O) groups is 3. The van der Waals surface area contributed by atoms with Gasteiger partial charge in [0.05, 0.1) is 0 Å². The summed E-state index contributed by atoms with van der Waals surface area (Å²) in [4.78, 5) is 37.4. The van der Waals surface area contributed by atoms with Crippen LogP contribution >= 0.6 is 0 Å². The summed E-state index contributed by atoms with van der Waals surface area (Å²) in [5, 5.41) is 2.11. The van der Waals surface area contributed by atoms with E-state index in [1.165, 1.54) is 4.90 Å². The molecule has 2 aliphatic heterocycles. The smallest absolute Gasteiger partial charge is 0.324 e. The Morgan fingerprint density at radius 2 is 1.81 bits per heavy atom. The number of nitrogens with one attached hydrogen (secondary N) is 1. The average Bonchev–Trinajstić information content (AvgIpc) is 2.58. The highest BCUT2D eigenvalue weighted by Gasteiger charge is 2.21. The van der Waals surface area contributed by atoms with E-state index in [1.807, 2.05) is 0 Å².